The van der Waals surface area contributed by atoms with E-state index in [1.165, 1.54) is 0 Å². The number of amides is 1. The average molecular weight is 174 g/mol. The van der Waals surface area contributed by atoms with Crippen LogP contribution in [0.5, 0.6) is 0 Å². The van der Waals surface area contributed by atoms with Crippen LogP contribution >= 0.6 is 12.2 Å². The summed E-state index contributed by atoms with van der Waals surface area (Å²) >= 11 is 4.77. The zero-order valence-corrected chi connectivity index (χ0v) is 7.25. The highest BCUT2D eigenvalue weighted by Crippen LogP contribution is 1.69. The zero-order chi connectivity index (χ0) is 8.69. The minimum absolute atomic E-state index is 0.406. The lowest BCUT2D eigenvalue weighted by Gasteiger charge is -2.08. The molecule has 0 spiro atoms. The van der Waals surface area contributed by atoms with Crippen LogP contribution in [0.1, 0.15) is 13.3 Å². The molecule has 0 aromatic carbocycles. The monoisotopic (exact) mass is 174 g/mol. The Morgan fingerprint density at radius 3 is 2.64 bits per heavy atom. The van der Waals surface area contributed by atoms with E-state index in [0.29, 0.717) is 5.11 Å². The van der Waals surface area contributed by atoms with Crippen LogP contribution in [0.15, 0.2) is 0 Å². The summed E-state index contributed by atoms with van der Waals surface area (Å²) in [5, 5.41) is 3.27. The van der Waals surface area contributed by atoms with Gasteiger partial charge in [0, 0.05) is 13.5 Å². The van der Waals surface area contributed by atoms with E-state index in [0.717, 1.165) is 13.0 Å². The van der Waals surface area contributed by atoms with Gasteiger partial charge in [-0.3, -0.25) is 15.6 Å². The number of hydrazine groups is 1. The van der Waals surface area contributed by atoms with E-state index in [2.05, 4.69) is 23.1 Å². The van der Waals surface area contributed by atoms with E-state index in [1.807, 2.05) is 6.92 Å². The maximum atomic E-state index is 10.2. The van der Waals surface area contributed by atoms with Crippen LogP contribution < -0.4 is 16.2 Å². The molecule has 0 heterocycles. The summed E-state index contributed by atoms with van der Waals surface area (Å²) in [6.45, 7) is 5.90. The topological polar surface area (TPSA) is 53.2 Å². The third-order valence-electron chi connectivity index (χ3n) is 0.851. The number of hydrogen-bond donors (Lipinski definition) is 3. The largest absolute Gasteiger partial charge is 0.361 e. The van der Waals surface area contributed by atoms with Gasteiger partial charge in [0.15, 0.2) is 5.11 Å². The fraction of sp³-hybridized carbons (Fsp3) is 0.500. The predicted octanol–water partition coefficient (Wildman–Crippen LogP) is -0.274. The lowest BCUT2D eigenvalue weighted by atomic mass is 10.5. The Hall–Kier alpha value is -0.840. The van der Waals surface area contributed by atoms with Gasteiger partial charge in [-0.15, -0.1) is 0 Å². The lowest BCUT2D eigenvalue weighted by molar-refractivity contribution is -0.117. The maximum absolute atomic E-state index is 10.2. The summed E-state index contributed by atoms with van der Waals surface area (Å²) in [7, 11) is 0. The number of hydrogen-bond acceptors (Lipinski definition) is 2. The van der Waals surface area contributed by atoms with Crippen LogP contribution in [-0.2, 0) is 4.79 Å². The highest BCUT2D eigenvalue weighted by Gasteiger charge is 1.92. The van der Waals surface area contributed by atoms with Gasteiger partial charge in [0.2, 0.25) is 5.91 Å². The highest BCUT2D eigenvalue weighted by atomic mass is 32.1. The molecule has 0 bridgehead atoms. The second-order valence-electron chi connectivity index (χ2n) is 1.93. The molecular formula is C6H12N3OS. The Morgan fingerprint density at radius 2 is 2.18 bits per heavy atom. The van der Waals surface area contributed by atoms with Crippen molar-refractivity contribution >= 4 is 23.2 Å². The first-order valence-electron chi connectivity index (χ1n) is 3.32. The van der Waals surface area contributed by atoms with Crippen LogP contribution in [-0.4, -0.2) is 17.6 Å². The molecular weight excluding hydrogens is 162 g/mol. The molecule has 63 valence electrons. The van der Waals surface area contributed by atoms with Gasteiger partial charge in [0.05, 0.1) is 0 Å². The van der Waals surface area contributed by atoms with Crippen molar-refractivity contribution in [2.75, 3.05) is 6.54 Å². The van der Waals surface area contributed by atoms with E-state index < -0.39 is 5.91 Å². The van der Waals surface area contributed by atoms with Gasteiger partial charge in [-0.1, -0.05) is 6.92 Å². The Kier molecular flexibility index (Phi) is 5.46. The molecule has 0 saturated carbocycles. The summed E-state index contributed by atoms with van der Waals surface area (Å²) < 4.78 is 0. The number of carbonyl (C=O) groups is 1. The van der Waals surface area contributed by atoms with Crippen LogP contribution in [0.25, 0.3) is 0 Å². The molecule has 4 nitrogen and oxygen atoms in total. The van der Waals surface area contributed by atoms with Crippen molar-refractivity contribution in [2.45, 2.75) is 13.3 Å². The van der Waals surface area contributed by atoms with Gasteiger partial charge in [-0.25, -0.2) is 0 Å². The fourth-order valence-electron chi connectivity index (χ4n) is 0.409. The third kappa shape index (κ3) is 7.05. The van der Waals surface area contributed by atoms with Crippen molar-refractivity contribution in [3.05, 3.63) is 6.92 Å². The van der Waals surface area contributed by atoms with Crippen molar-refractivity contribution in [1.29, 1.82) is 0 Å². The fourth-order valence-corrected chi connectivity index (χ4v) is 0.562. The second kappa shape index (κ2) is 5.91. The molecule has 0 unspecified atom stereocenters. The summed E-state index contributed by atoms with van der Waals surface area (Å²) in [6, 6.07) is 0. The number of thiocarbonyl (C=S) groups is 1. The van der Waals surface area contributed by atoms with Crippen molar-refractivity contribution in [1.82, 2.24) is 16.2 Å². The van der Waals surface area contributed by atoms with E-state index in [1.54, 1.807) is 0 Å². The van der Waals surface area contributed by atoms with Gasteiger partial charge < -0.3 is 5.32 Å². The van der Waals surface area contributed by atoms with Gasteiger partial charge in [0.1, 0.15) is 0 Å². The minimum Gasteiger partial charge on any atom is -0.361 e. The molecule has 1 radical (unpaired) electrons. The van der Waals surface area contributed by atoms with Crippen LogP contribution in [0.3, 0.4) is 0 Å². The van der Waals surface area contributed by atoms with Crippen molar-refractivity contribution in [2.24, 2.45) is 0 Å². The molecule has 5 heteroatoms. The molecule has 0 aliphatic rings. The van der Waals surface area contributed by atoms with Gasteiger partial charge in [0.25, 0.3) is 0 Å². The van der Waals surface area contributed by atoms with Crippen molar-refractivity contribution < 1.29 is 4.79 Å². The molecule has 3 N–H and O–H groups in total. The molecule has 0 aromatic rings. The third-order valence-corrected chi connectivity index (χ3v) is 1.10. The van der Waals surface area contributed by atoms with E-state index in [-0.39, 0.29) is 0 Å². The van der Waals surface area contributed by atoms with Crippen molar-refractivity contribution in [3.8, 4) is 0 Å². The summed E-state index contributed by atoms with van der Waals surface area (Å²) in [5.41, 5.74) is 4.73. The SMILES string of the molecule is [CH2]C(=O)NNC(=S)NCCC. The molecule has 0 atom stereocenters. The molecule has 0 rings (SSSR count). The Labute approximate surface area is 71.7 Å². The first-order chi connectivity index (χ1) is 5.16. The van der Waals surface area contributed by atoms with Gasteiger partial charge >= 0.3 is 0 Å². The Balaban J connectivity index is 3.30. The van der Waals surface area contributed by atoms with E-state index >= 15 is 0 Å². The molecule has 0 aliphatic carbocycles. The molecule has 0 fully saturated rings. The average Bonchev–Trinajstić information content (AvgIpc) is 1.97. The lowest BCUT2D eigenvalue weighted by Crippen LogP contribution is -2.46. The minimum atomic E-state index is -0.411. The maximum Gasteiger partial charge on any atom is 0.238 e. The second-order valence-corrected chi connectivity index (χ2v) is 2.34. The zero-order valence-electron chi connectivity index (χ0n) is 6.44. The molecule has 1 amide bonds. The van der Waals surface area contributed by atoms with Crippen molar-refractivity contribution in [3.63, 3.8) is 0 Å². The highest BCUT2D eigenvalue weighted by molar-refractivity contribution is 7.80. The summed E-state index contributed by atoms with van der Waals surface area (Å²) in [4.78, 5) is 10.2. The molecule has 0 aromatic heterocycles. The first-order valence-corrected chi connectivity index (χ1v) is 3.73. The smallest absolute Gasteiger partial charge is 0.238 e. The van der Waals surface area contributed by atoms with Crippen LogP contribution in [0.4, 0.5) is 0 Å². The van der Waals surface area contributed by atoms with Crippen LogP contribution in [0.2, 0.25) is 0 Å². The quantitative estimate of drug-likeness (QED) is 0.398. The van der Waals surface area contributed by atoms with E-state index in [4.69, 9.17) is 12.2 Å². The number of carbonyl (C=O) groups excluding carboxylic acids is 1. The Morgan fingerprint density at radius 1 is 1.55 bits per heavy atom. The normalized spacial score (nSPS) is 8.55. The van der Waals surface area contributed by atoms with Gasteiger partial charge in [-0.2, -0.15) is 0 Å². The van der Waals surface area contributed by atoms with Crippen LogP contribution in [0, 0.1) is 6.92 Å². The molecule has 0 aliphatic heterocycles. The summed E-state index contributed by atoms with van der Waals surface area (Å²) in [5.74, 6) is -0.411. The Bertz CT molecular complexity index is 149. The van der Waals surface area contributed by atoms with Gasteiger partial charge in [-0.05, 0) is 18.6 Å². The molecule has 0 saturated heterocycles. The van der Waals surface area contributed by atoms with E-state index in [9.17, 15) is 4.79 Å². The predicted molar refractivity (Wildman–Crippen MR) is 47.5 cm³/mol. The summed E-state index contributed by atoms with van der Waals surface area (Å²) in [6.07, 6.45) is 0.986. The first kappa shape index (κ1) is 10.2. The standard InChI is InChI=1S/C6H12N3OS/c1-3-4-7-6(11)9-8-5(2)10/h2-4H2,1H3,(H,8,10)(H2,7,9,11). The number of rotatable bonds is 2. The number of nitrogens with one attached hydrogen (secondary N) is 3. The molecule has 11 heavy (non-hydrogen) atoms.